The molecule has 0 fully saturated rings. The van der Waals surface area contributed by atoms with E-state index in [1.54, 1.807) is 0 Å². The first-order chi connectivity index (χ1) is 28.8. The third kappa shape index (κ3) is 4.35. The van der Waals surface area contributed by atoms with Gasteiger partial charge in [0.1, 0.15) is 22.3 Å². The van der Waals surface area contributed by atoms with Gasteiger partial charge in [0.2, 0.25) is 5.95 Å². The smallest absolute Gasteiger partial charge is 0.238 e. The van der Waals surface area contributed by atoms with Gasteiger partial charge in [0.15, 0.2) is 11.6 Å². The zero-order valence-electron chi connectivity index (χ0n) is 30.8. The minimum absolute atomic E-state index is 0.509. The molecule has 5 aromatic heterocycles. The second-order valence-corrected chi connectivity index (χ2v) is 14.8. The summed E-state index contributed by atoms with van der Waals surface area (Å²) in [5, 5.41) is 8.79. The summed E-state index contributed by atoms with van der Waals surface area (Å²) in [6.45, 7) is 0. The molecular formula is C51H29N5O2. The van der Waals surface area contributed by atoms with E-state index >= 15 is 0 Å². The van der Waals surface area contributed by atoms with Gasteiger partial charge in [-0.15, -0.1) is 0 Å². The highest BCUT2D eigenvalue weighted by Crippen LogP contribution is 2.42. The summed E-state index contributed by atoms with van der Waals surface area (Å²) in [5.74, 6) is 1.55. The molecule has 0 aliphatic carbocycles. The van der Waals surface area contributed by atoms with E-state index in [1.807, 2.05) is 36.4 Å². The van der Waals surface area contributed by atoms with Crippen molar-refractivity contribution in [2.24, 2.45) is 0 Å². The second-order valence-electron chi connectivity index (χ2n) is 14.8. The van der Waals surface area contributed by atoms with Crippen LogP contribution in [0.1, 0.15) is 0 Å². The SMILES string of the molecule is c1ccc2c(c1)oc1cc(-c3nc(-c4cccc5c4oc4cccc(-n6c7ccccc7c7ccccc76)c45)nc(-n4c5ccccc5c5ccccc54)n3)ccc12. The summed E-state index contributed by atoms with van der Waals surface area (Å²) in [6, 6.07) is 60.8. The summed E-state index contributed by atoms with van der Waals surface area (Å²) in [5.41, 5.74) is 10.1. The van der Waals surface area contributed by atoms with Gasteiger partial charge < -0.3 is 13.4 Å². The maximum absolute atomic E-state index is 6.87. The van der Waals surface area contributed by atoms with Gasteiger partial charge in [0, 0.05) is 43.3 Å². The van der Waals surface area contributed by atoms with Crippen LogP contribution in [-0.2, 0) is 0 Å². The standard InChI is InChI=1S/C51H29N5O2/c1-6-20-39-31(13-1)32-14-2-7-21-40(32)55(39)43-24-12-26-45-47(43)37-18-11-19-38(48(37)58-45)50-52-49(30-27-28-36-35-17-5-10-25-44(35)57-46(36)29-30)53-51(54-50)56-41-22-8-3-15-33(41)34-16-4-9-23-42(34)56/h1-29H. The average molecular weight is 744 g/mol. The normalized spacial score (nSPS) is 12.1. The number of furan rings is 2. The summed E-state index contributed by atoms with van der Waals surface area (Å²) in [7, 11) is 0. The monoisotopic (exact) mass is 743 g/mol. The maximum atomic E-state index is 6.87. The molecule has 0 saturated heterocycles. The number of benzene rings is 8. The number of nitrogens with zero attached hydrogens (tertiary/aromatic N) is 5. The lowest BCUT2D eigenvalue weighted by Crippen LogP contribution is -2.06. The van der Waals surface area contributed by atoms with Crippen LogP contribution < -0.4 is 0 Å². The van der Waals surface area contributed by atoms with Gasteiger partial charge in [0.05, 0.1) is 38.7 Å². The zero-order chi connectivity index (χ0) is 37.9. The Labute approximate surface area is 329 Å². The molecule has 0 aliphatic heterocycles. The first-order valence-electron chi connectivity index (χ1n) is 19.4. The first-order valence-corrected chi connectivity index (χ1v) is 19.4. The molecule has 58 heavy (non-hydrogen) atoms. The maximum Gasteiger partial charge on any atom is 0.238 e. The summed E-state index contributed by atoms with van der Waals surface area (Å²) < 4.78 is 17.7. The van der Waals surface area contributed by atoms with E-state index in [9.17, 15) is 0 Å². The topological polar surface area (TPSA) is 74.8 Å². The Bertz CT molecular complexity index is 3720. The van der Waals surface area contributed by atoms with E-state index in [-0.39, 0.29) is 0 Å². The molecule has 13 rings (SSSR count). The van der Waals surface area contributed by atoms with Crippen LogP contribution in [0.25, 0.3) is 122 Å². The lowest BCUT2D eigenvalue weighted by Gasteiger charge is -2.11. The fourth-order valence-corrected chi connectivity index (χ4v) is 9.09. The van der Waals surface area contributed by atoms with Crippen LogP contribution in [0, 0.1) is 0 Å². The Morgan fingerprint density at radius 2 is 0.897 bits per heavy atom. The lowest BCUT2D eigenvalue weighted by molar-refractivity contribution is 0.668. The van der Waals surface area contributed by atoms with Crippen molar-refractivity contribution in [1.29, 1.82) is 0 Å². The van der Waals surface area contributed by atoms with Gasteiger partial charge in [0.25, 0.3) is 0 Å². The average Bonchev–Trinajstić information content (AvgIpc) is 4.04. The van der Waals surface area contributed by atoms with Gasteiger partial charge in [-0.1, -0.05) is 115 Å². The highest BCUT2D eigenvalue weighted by Gasteiger charge is 2.23. The number of fused-ring (bicyclic) bond motifs is 12. The van der Waals surface area contributed by atoms with E-state index in [2.05, 4.69) is 149 Å². The van der Waals surface area contributed by atoms with Crippen LogP contribution >= 0.6 is 0 Å². The van der Waals surface area contributed by atoms with Crippen molar-refractivity contribution in [2.75, 3.05) is 0 Å². The van der Waals surface area contributed by atoms with Crippen LogP contribution in [-0.4, -0.2) is 24.1 Å². The van der Waals surface area contributed by atoms with Crippen molar-refractivity contribution in [3.05, 3.63) is 176 Å². The van der Waals surface area contributed by atoms with Crippen LogP contribution in [0.5, 0.6) is 0 Å². The van der Waals surface area contributed by atoms with Gasteiger partial charge in [-0.2, -0.15) is 9.97 Å². The molecule has 0 unspecified atom stereocenters. The molecule has 8 aromatic carbocycles. The largest absolute Gasteiger partial charge is 0.456 e. The fraction of sp³-hybridized carbons (Fsp3) is 0. The molecule has 0 aliphatic rings. The quantitative estimate of drug-likeness (QED) is 0.179. The third-order valence-corrected chi connectivity index (χ3v) is 11.6. The molecule has 5 heterocycles. The Balaban J connectivity index is 1.09. The van der Waals surface area contributed by atoms with Gasteiger partial charge in [-0.25, -0.2) is 4.98 Å². The van der Waals surface area contributed by atoms with E-state index < -0.39 is 0 Å². The molecule has 0 amide bonds. The predicted molar refractivity (Wildman–Crippen MR) is 234 cm³/mol. The van der Waals surface area contributed by atoms with Crippen molar-refractivity contribution in [1.82, 2.24) is 24.1 Å². The van der Waals surface area contributed by atoms with Crippen molar-refractivity contribution < 1.29 is 8.83 Å². The van der Waals surface area contributed by atoms with Crippen LogP contribution in [0.3, 0.4) is 0 Å². The number of hydrogen-bond donors (Lipinski definition) is 0. The summed E-state index contributed by atoms with van der Waals surface area (Å²) >= 11 is 0. The van der Waals surface area contributed by atoms with Crippen LogP contribution in [0.2, 0.25) is 0 Å². The Hall–Kier alpha value is -8.03. The van der Waals surface area contributed by atoms with Crippen LogP contribution in [0.15, 0.2) is 185 Å². The zero-order valence-corrected chi connectivity index (χ0v) is 30.8. The molecule has 7 heteroatoms. The Morgan fingerprint density at radius 3 is 1.59 bits per heavy atom. The minimum atomic E-state index is 0.509. The molecule has 0 spiro atoms. The highest BCUT2D eigenvalue weighted by molar-refractivity contribution is 6.16. The van der Waals surface area contributed by atoms with Crippen molar-refractivity contribution in [3.63, 3.8) is 0 Å². The molecular weight excluding hydrogens is 715 g/mol. The molecule has 7 nitrogen and oxygen atoms in total. The summed E-state index contributed by atoms with van der Waals surface area (Å²) in [6.07, 6.45) is 0. The molecule has 0 saturated carbocycles. The van der Waals surface area contributed by atoms with Gasteiger partial charge in [-0.3, -0.25) is 4.57 Å². The molecule has 0 atom stereocenters. The lowest BCUT2D eigenvalue weighted by atomic mass is 10.1. The molecule has 13 aromatic rings. The molecule has 0 radical (unpaired) electrons. The van der Waals surface area contributed by atoms with E-state index in [0.717, 1.165) is 87.9 Å². The van der Waals surface area contributed by atoms with Gasteiger partial charge >= 0.3 is 0 Å². The highest BCUT2D eigenvalue weighted by atomic mass is 16.3. The fourth-order valence-electron chi connectivity index (χ4n) is 9.09. The molecule has 0 bridgehead atoms. The van der Waals surface area contributed by atoms with E-state index in [1.165, 1.54) is 10.8 Å². The Morgan fingerprint density at radius 1 is 0.362 bits per heavy atom. The van der Waals surface area contributed by atoms with Gasteiger partial charge in [-0.05, 0) is 60.7 Å². The van der Waals surface area contributed by atoms with E-state index in [4.69, 9.17) is 23.8 Å². The number of rotatable bonds is 4. The van der Waals surface area contributed by atoms with Crippen molar-refractivity contribution >= 4 is 87.5 Å². The van der Waals surface area contributed by atoms with Crippen molar-refractivity contribution in [2.45, 2.75) is 0 Å². The number of para-hydroxylation sites is 6. The molecule has 0 N–H and O–H groups in total. The summed E-state index contributed by atoms with van der Waals surface area (Å²) in [4.78, 5) is 15.8. The second kappa shape index (κ2) is 11.7. The van der Waals surface area contributed by atoms with Crippen LogP contribution in [0.4, 0.5) is 0 Å². The first kappa shape index (κ1) is 31.2. The number of hydrogen-bond acceptors (Lipinski definition) is 5. The number of aromatic nitrogens is 5. The molecule has 270 valence electrons. The van der Waals surface area contributed by atoms with E-state index in [0.29, 0.717) is 23.2 Å². The predicted octanol–water partition coefficient (Wildman–Crippen LogP) is 13.2. The minimum Gasteiger partial charge on any atom is -0.456 e. The third-order valence-electron chi connectivity index (χ3n) is 11.6. The Kier molecular flexibility index (Phi) is 6.32. The van der Waals surface area contributed by atoms with Crippen molar-refractivity contribution in [3.8, 4) is 34.4 Å².